The Morgan fingerprint density at radius 1 is 0.639 bits per heavy atom. The first-order chi connectivity index (χ1) is 17.3. The van der Waals surface area contributed by atoms with Crippen LogP contribution in [0, 0.1) is 11.6 Å². The van der Waals surface area contributed by atoms with Gasteiger partial charge in [-0.05, 0) is 72.8 Å². The van der Waals surface area contributed by atoms with Gasteiger partial charge in [0.1, 0.15) is 22.7 Å². The van der Waals surface area contributed by atoms with Gasteiger partial charge in [0.15, 0.2) is 16.9 Å². The third-order valence-corrected chi connectivity index (χ3v) is 5.63. The average Bonchev–Trinajstić information content (AvgIpc) is 3.46. The molecule has 7 nitrogen and oxygen atoms in total. The van der Waals surface area contributed by atoms with Crippen LogP contribution >= 0.6 is 0 Å². The van der Waals surface area contributed by atoms with Crippen molar-refractivity contribution in [3.8, 4) is 22.9 Å². The minimum absolute atomic E-state index is 0.190. The van der Waals surface area contributed by atoms with E-state index in [-0.39, 0.29) is 28.9 Å². The Morgan fingerprint density at radius 3 is 1.50 bits per heavy atom. The number of anilines is 2. The van der Waals surface area contributed by atoms with Gasteiger partial charge in [-0.25, -0.2) is 18.7 Å². The van der Waals surface area contributed by atoms with Crippen molar-refractivity contribution in [2.75, 3.05) is 11.5 Å². The minimum atomic E-state index is -0.504. The summed E-state index contributed by atoms with van der Waals surface area (Å²) in [5.74, 6) is -0.894. The standard InChI is InChI=1S/C27H16F2N4O3/c28-17-5-15(7-19(30)11-17)26-32-21-9-13(1-3-23(21)35-26)25(34)14-2-4-24-22(10-14)33-27(36-24)16-6-18(29)12-20(31)8-16/h1-12H,30-31H2. The molecule has 0 atom stereocenters. The predicted molar refractivity (Wildman–Crippen MR) is 131 cm³/mol. The Morgan fingerprint density at radius 2 is 1.08 bits per heavy atom. The maximum atomic E-state index is 13.7. The molecule has 4 N–H and O–H groups in total. The normalized spacial score (nSPS) is 11.4. The highest BCUT2D eigenvalue weighted by atomic mass is 19.1. The zero-order valence-electron chi connectivity index (χ0n) is 18.5. The third kappa shape index (κ3) is 3.82. The quantitative estimate of drug-likeness (QED) is 0.234. The molecule has 0 unspecified atom stereocenters. The largest absolute Gasteiger partial charge is 0.436 e. The number of benzene rings is 4. The molecule has 0 bridgehead atoms. The van der Waals surface area contributed by atoms with E-state index in [4.69, 9.17) is 20.3 Å². The van der Waals surface area contributed by atoms with E-state index in [9.17, 15) is 13.6 Å². The van der Waals surface area contributed by atoms with Gasteiger partial charge in [-0.3, -0.25) is 4.79 Å². The molecule has 176 valence electrons. The van der Waals surface area contributed by atoms with Crippen molar-refractivity contribution in [3.05, 3.63) is 95.6 Å². The van der Waals surface area contributed by atoms with E-state index in [0.717, 1.165) is 0 Å². The Balaban J connectivity index is 1.34. The summed E-state index contributed by atoms with van der Waals surface area (Å²) in [4.78, 5) is 22.0. The highest BCUT2D eigenvalue weighted by Crippen LogP contribution is 2.30. The van der Waals surface area contributed by atoms with E-state index in [2.05, 4.69) is 9.97 Å². The number of rotatable bonds is 4. The first-order valence-electron chi connectivity index (χ1n) is 10.8. The molecule has 0 aliphatic heterocycles. The Bertz CT molecular complexity index is 1650. The van der Waals surface area contributed by atoms with Crippen LogP contribution in [-0.4, -0.2) is 15.8 Å². The summed E-state index contributed by atoms with van der Waals surface area (Å²) < 4.78 is 38.9. The maximum Gasteiger partial charge on any atom is 0.227 e. The first kappa shape index (κ1) is 21.5. The third-order valence-electron chi connectivity index (χ3n) is 5.63. The predicted octanol–water partition coefficient (Wildman–Crippen LogP) is 5.98. The van der Waals surface area contributed by atoms with Crippen molar-refractivity contribution < 1.29 is 22.4 Å². The van der Waals surface area contributed by atoms with Crippen molar-refractivity contribution in [2.45, 2.75) is 0 Å². The molecule has 0 saturated carbocycles. The average molecular weight is 482 g/mol. The second kappa shape index (κ2) is 8.02. The van der Waals surface area contributed by atoms with E-state index in [0.29, 0.717) is 44.5 Å². The summed E-state index contributed by atoms with van der Waals surface area (Å²) in [7, 11) is 0. The zero-order chi connectivity index (χ0) is 25.0. The summed E-state index contributed by atoms with van der Waals surface area (Å²) in [5.41, 5.74) is 15.2. The number of nitrogens with two attached hydrogens (primary N) is 2. The zero-order valence-corrected chi connectivity index (χ0v) is 18.5. The van der Waals surface area contributed by atoms with Crippen molar-refractivity contribution in [3.63, 3.8) is 0 Å². The van der Waals surface area contributed by atoms with Crippen LogP contribution in [0.2, 0.25) is 0 Å². The van der Waals surface area contributed by atoms with E-state index in [1.54, 1.807) is 48.5 Å². The summed E-state index contributed by atoms with van der Waals surface area (Å²) in [6.45, 7) is 0. The maximum absolute atomic E-state index is 13.7. The molecule has 0 saturated heterocycles. The van der Waals surface area contributed by atoms with Crippen LogP contribution in [0.15, 0.2) is 81.6 Å². The smallest absolute Gasteiger partial charge is 0.227 e. The first-order valence-corrected chi connectivity index (χ1v) is 10.8. The van der Waals surface area contributed by atoms with Gasteiger partial charge in [-0.1, -0.05) is 0 Å². The molecule has 2 aromatic heterocycles. The fourth-order valence-corrected chi connectivity index (χ4v) is 4.02. The summed E-state index contributed by atoms with van der Waals surface area (Å²) in [6.07, 6.45) is 0. The highest BCUT2D eigenvalue weighted by molar-refractivity contribution is 6.11. The van der Waals surface area contributed by atoms with E-state index in [1.165, 1.54) is 24.3 Å². The van der Waals surface area contributed by atoms with Crippen LogP contribution in [0.25, 0.3) is 45.1 Å². The fraction of sp³-hybridized carbons (Fsp3) is 0. The molecule has 6 aromatic rings. The molecule has 4 aromatic carbocycles. The number of carbonyl (C=O) groups is 1. The van der Waals surface area contributed by atoms with Gasteiger partial charge in [0.25, 0.3) is 0 Å². The van der Waals surface area contributed by atoms with E-state index < -0.39 is 11.6 Å². The number of nitrogen functional groups attached to an aromatic ring is 2. The monoisotopic (exact) mass is 482 g/mol. The van der Waals surface area contributed by atoms with Gasteiger partial charge in [0.2, 0.25) is 11.8 Å². The van der Waals surface area contributed by atoms with Gasteiger partial charge in [-0.2, -0.15) is 0 Å². The number of fused-ring (bicyclic) bond motifs is 2. The number of hydrogen-bond acceptors (Lipinski definition) is 7. The lowest BCUT2D eigenvalue weighted by molar-refractivity contribution is 0.103. The number of nitrogens with zero attached hydrogens (tertiary/aromatic N) is 2. The molecular formula is C27H16F2N4O3. The molecule has 0 fully saturated rings. The molecule has 0 aliphatic rings. The number of halogens is 2. The molecule has 0 amide bonds. The minimum Gasteiger partial charge on any atom is -0.436 e. The lowest BCUT2D eigenvalue weighted by atomic mass is 10.0. The number of carbonyl (C=O) groups excluding carboxylic acids is 1. The Kier molecular flexibility index (Phi) is 4.78. The second-order valence-electron chi connectivity index (χ2n) is 8.28. The number of oxazole rings is 2. The number of hydrogen-bond donors (Lipinski definition) is 2. The van der Waals surface area contributed by atoms with Crippen LogP contribution in [0.4, 0.5) is 20.2 Å². The van der Waals surface area contributed by atoms with Gasteiger partial charge >= 0.3 is 0 Å². The second-order valence-corrected chi connectivity index (χ2v) is 8.28. The summed E-state index contributed by atoms with van der Waals surface area (Å²) in [5, 5.41) is 0. The molecule has 2 heterocycles. The van der Waals surface area contributed by atoms with E-state index >= 15 is 0 Å². The van der Waals surface area contributed by atoms with Crippen LogP contribution in [0.3, 0.4) is 0 Å². The van der Waals surface area contributed by atoms with Crippen molar-refractivity contribution >= 4 is 39.4 Å². The van der Waals surface area contributed by atoms with Crippen molar-refractivity contribution in [2.24, 2.45) is 0 Å². The lowest BCUT2D eigenvalue weighted by Crippen LogP contribution is -2.00. The molecule has 0 spiro atoms. The fourth-order valence-electron chi connectivity index (χ4n) is 4.02. The molecule has 9 heteroatoms. The van der Waals surface area contributed by atoms with Crippen LogP contribution in [0.1, 0.15) is 15.9 Å². The summed E-state index contributed by atoms with van der Waals surface area (Å²) in [6, 6.07) is 17.7. The lowest BCUT2D eigenvalue weighted by Gasteiger charge is -2.00. The van der Waals surface area contributed by atoms with Gasteiger partial charge in [0, 0.05) is 33.6 Å². The molecular weight excluding hydrogens is 466 g/mol. The van der Waals surface area contributed by atoms with Gasteiger partial charge in [-0.15, -0.1) is 0 Å². The number of aromatic nitrogens is 2. The molecule has 6 rings (SSSR count). The van der Waals surface area contributed by atoms with Crippen LogP contribution in [0.5, 0.6) is 0 Å². The number of ketones is 1. The SMILES string of the molecule is Nc1cc(F)cc(-c2nc3cc(C(=O)c4ccc5oc(-c6cc(N)cc(F)c6)nc5c4)ccc3o2)c1. The Labute approximate surface area is 202 Å². The topological polar surface area (TPSA) is 121 Å². The van der Waals surface area contributed by atoms with Crippen LogP contribution in [-0.2, 0) is 0 Å². The van der Waals surface area contributed by atoms with Crippen LogP contribution < -0.4 is 11.5 Å². The van der Waals surface area contributed by atoms with Crippen molar-refractivity contribution in [1.82, 2.24) is 9.97 Å². The molecule has 0 aliphatic carbocycles. The van der Waals surface area contributed by atoms with Crippen molar-refractivity contribution in [1.29, 1.82) is 0 Å². The van der Waals surface area contributed by atoms with Gasteiger partial charge < -0.3 is 20.3 Å². The van der Waals surface area contributed by atoms with E-state index in [1.807, 2.05) is 0 Å². The highest BCUT2D eigenvalue weighted by Gasteiger charge is 2.17. The molecule has 0 radical (unpaired) electrons. The van der Waals surface area contributed by atoms with Gasteiger partial charge in [0.05, 0.1) is 0 Å². The Hall–Kier alpha value is -5.05. The molecule has 36 heavy (non-hydrogen) atoms. The summed E-state index contributed by atoms with van der Waals surface area (Å²) >= 11 is 0.